The monoisotopic (exact) mass is 363 g/mol. The first-order valence-corrected chi connectivity index (χ1v) is 9.45. The van der Waals surface area contributed by atoms with Crippen LogP contribution in [0.2, 0.25) is 5.02 Å². The van der Waals surface area contributed by atoms with E-state index >= 15 is 0 Å². The van der Waals surface area contributed by atoms with Gasteiger partial charge in [-0.15, -0.1) is 0 Å². The molecule has 0 aliphatic carbocycles. The molecule has 1 aromatic carbocycles. The highest BCUT2D eigenvalue weighted by Crippen LogP contribution is 2.23. The van der Waals surface area contributed by atoms with Crippen LogP contribution in [-0.2, 0) is 9.59 Å². The fourth-order valence-electron chi connectivity index (χ4n) is 3.70. The molecular formula is C19H26ClN3O2. The van der Waals surface area contributed by atoms with Gasteiger partial charge in [0.15, 0.2) is 0 Å². The largest absolute Gasteiger partial charge is 0.368 e. The van der Waals surface area contributed by atoms with Crippen LogP contribution >= 0.6 is 11.6 Å². The van der Waals surface area contributed by atoms with E-state index in [1.54, 1.807) is 4.90 Å². The lowest BCUT2D eigenvalue weighted by atomic mass is 9.97. The number of hydrogen-bond donors (Lipinski definition) is 0. The maximum absolute atomic E-state index is 12.6. The molecule has 5 nitrogen and oxygen atoms in total. The number of anilines is 1. The van der Waals surface area contributed by atoms with Crippen LogP contribution in [0.3, 0.4) is 0 Å². The number of halogens is 1. The smallest absolute Gasteiger partial charge is 0.225 e. The lowest BCUT2D eigenvalue weighted by molar-refractivity contribution is -0.140. The molecule has 0 unspecified atom stereocenters. The Morgan fingerprint density at radius 3 is 2.64 bits per heavy atom. The van der Waals surface area contributed by atoms with Gasteiger partial charge in [-0.3, -0.25) is 9.59 Å². The average Bonchev–Trinajstić information content (AvgIpc) is 2.77. The minimum atomic E-state index is -0.147. The first-order chi connectivity index (χ1) is 12.0. The van der Waals surface area contributed by atoms with Crippen molar-refractivity contribution < 1.29 is 9.59 Å². The van der Waals surface area contributed by atoms with Crippen molar-refractivity contribution >= 4 is 29.1 Å². The van der Waals surface area contributed by atoms with E-state index in [1.807, 2.05) is 36.2 Å². The molecule has 0 N–H and O–H groups in total. The van der Waals surface area contributed by atoms with Gasteiger partial charge in [-0.1, -0.05) is 24.1 Å². The van der Waals surface area contributed by atoms with Gasteiger partial charge in [-0.05, 0) is 31.0 Å². The lowest BCUT2D eigenvalue weighted by Crippen LogP contribution is -2.49. The standard InChI is InChI=1S/C19H26ClN3O2/c1-21-8-3-2-5-15(19(21)25)13-18(24)23-11-9-22(10-12-23)17-7-4-6-16(20)14-17/h4,6-7,14-15H,2-3,5,8-13H2,1H3/t15-/m1/s1. The van der Waals surface area contributed by atoms with E-state index in [1.165, 1.54) is 0 Å². The molecule has 0 radical (unpaired) electrons. The Kier molecular flexibility index (Phi) is 5.84. The number of nitrogens with zero attached hydrogens (tertiary/aromatic N) is 3. The number of piperazine rings is 1. The highest BCUT2D eigenvalue weighted by Gasteiger charge is 2.29. The van der Waals surface area contributed by atoms with Crippen molar-refractivity contribution in [3.8, 4) is 0 Å². The second-order valence-electron chi connectivity index (χ2n) is 7.00. The van der Waals surface area contributed by atoms with Gasteiger partial charge in [0, 0.05) is 62.8 Å². The van der Waals surface area contributed by atoms with Crippen molar-refractivity contribution in [3.63, 3.8) is 0 Å². The Hall–Kier alpha value is -1.75. The summed E-state index contributed by atoms with van der Waals surface area (Å²) >= 11 is 6.06. The number of likely N-dealkylation sites (tertiary alicyclic amines) is 1. The van der Waals surface area contributed by atoms with Crippen molar-refractivity contribution in [2.75, 3.05) is 44.7 Å². The molecule has 0 saturated carbocycles. The molecule has 2 amide bonds. The summed E-state index contributed by atoms with van der Waals surface area (Å²) in [5, 5.41) is 0.729. The molecule has 0 bridgehead atoms. The third-order valence-electron chi connectivity index (χ3n) is 5.25. The molecule has 25 heavy (non-hydrogen) atoms. The van der Waals surface area contributed by atoms with Crippen LogP contribution in [0.1, 0.15) is 25.7 Å². The second-order valence-corrected chi connectivity index (χ2v) is 7.44. The summed E-state index contributed by atoms with van der Waals surface area (Å²) in [4.78, 5) is 30.9. The summed E-state index contributed by atoms with van der Waals surface area (Å²) < 4.78 is 0. The molecule has 2 saturated heterocycles. The fraction of sp³-hybridized carbons (Fsp3) is 0.579. The second kappa shape index (κ2) is 8.09. The van der Waals surface area contributed by atoms with Crippen molar-refractivity contribution in [1.29, 1.82) is 0 Å². The van der Waals surface area contributed by atoms with Gasteiger partial charge in [-0.2, -0.15) is 0 Å². The molecule has 2 aliphatic heterocycles. The summed E-state index contributed by atoms with van der Waals surface area (Å²) in [5.41, 5.74) is 1.10. The zero-order chi connectivity index (χ0) is 17.8. The molecule has 136 valence electrons. The van der Waals surface area contributed by atoms with Gasteiger partial charge >= 0.3 is 0 Å². The van der Waals surface area contributed by atoms with Gasteiger partial charge in [0.2, 0.25) is 11.8 Å². The molecule has 0 aromatic heterocycles. The highest BCUT2D eigenvalue weighted by atomic mass is 35.5. The van der Waals surface area contributed by atoms with Crippen LogP contribution < -0.4 is 4.90 Å². The Labute approximate surface area is 154 Å². The molecule has 3 rings (SSSR count). The number of hydrogen-bond acceptors (Lipinski definition) is 3. The van der Waals surface area contributed by atoms with Gasteiger partial charge in [0.25, 0.3) is 0 Å². The summed E-state index contributed by atoms with van der Waals surface area (Å²) in [6.07, 6.45) is 3.24. The Morgan fingerprint density at radius 2 is 1.92 bits per heavy atom. The van der Waals surface area contributed by atoms with Crippen LogP contribution in [0.5, 0.6) is 0 Å². The summed E-state index contributed by atoms with van der Waals surface area (Å²) in [6.45, 7) is 3.79. The molecule has 2 heterocycles. The van der Waals surface area contributed by atoms with E-state index in [2.05, 4.69) is 4.90 Å². The van der Waals surface area contributed by atoms with Crippen LogP contribution in [0.25, 0.3) is 0 Å². The molecule has 6 heteroatoms. The molecular weight excluding hydrogens is 338 g/mol. The summed E-state index contributed by atoms with van der Waals surface area (Å²) in [7, 11) is 1.84. The van der Waals surface area contributed by atoms with Gasteiger partial charge < -0.3 is 14.7 Å². The van der Waals surface area contributed by atoms with Crippen molar-refractivity contribution in [3.05, 3.63) is 29.3 Å². The number of rotatable bonds is 3. The molecule has 1 aromatic rings. The number of carbonyl (C=O) groups excluding carboxylic acids is 2. The van der Waals surface area contributed by atoms with E-state index in [0.717, 1.165) is 49.6 Å². The predicted molar refractivity (Wildman–Crippen MR) is 99.8 cm³/mol. The van der Waals surface area contributed by atoms with Crippen molar-refractivity contribution in [1.82, 2.24) is 9.80 Å². The normalized spacial score (nSPS) is 22.1. The molecule has 2 aliphatic rings. The first kappa shape index (κ1) is 18.1. The Bertz CT molecular complexity index is 629. The van der Waals surface area contributed by atoms with E-state index in [9.17, 15) is 9.59 Å². The van der Waals surface area contributed by atoms with Crippen LogP contribution in [0.15, 0.2) is 24.3 Å². The summed E-state index contributed by atoms with van der Waals surface area (Å²) in [6, 6.07) is 7.82. The van der Waals surface area contributed by atoms with Crippen LogP contribution in [0.4, 0.5) is 5.69 Å². The number of amides is 2. The molecule has 2 fully saturated rings. The zero-order valence-corrected chi connectivity index (χ0v) is 15.5. The van der Waals surface area contributed by atoms with Gasteiger partial charge in [-0.25, -0.2) is 0 Å². The highest BCUT2D eigenvalue weighted by molar-refractivity contribution is 6.30. The molecule has 0 spiro atoms. The first-order valence-electron chi connectivity index (χ1n) is 9.08. The van der Waals surface area contributed by atoms with Crippen LogP contribution in [0, 0.1) is 5.92 Å². The minimum Gasteiger partial charge on any atom is -0.368 e. The van der Waals surface area contributed by atoms with Crippen LogP contribution in [-0.4, -0.2) is 61.4 Å². The SMILES string of the molecule is CN1CCCC[C@H](CC(=O)N2CCN(c3cccc(Cl)c3)CC2)C1=O. The van der Waals surface area contributed by atoms with E-state index in [4.69, 9.17) is 11.6 Å². The van der Waals surface area contributed by atoms with E-state index in [-0.39, 0.29) is 17.7 Å². The predicted octanol–water partition coefficient (Wildman–Crippen LogP) is 2.64. The maximum atomic E-state index is 12.6. The topological polar surface area (TPSA) is 43.9 Å². The lowest BCUT2D eigenvalue weighted by Gasteiger charge is -2.36. The van der Waals surface area contributed by atoms with Crippen molar-refractivity contribution in [2.24, 2.45) is 5.92 Å². The average molecular weight is 364 g/mol. The van der Waals surface area contributed by atoms with Gasteiger partial charge in [0.05, 0.1) is 0 Å². The van der Waals surface area contributed by atoms with Gasteiger partial charge in [0.1, 0.15) is 0 Å². The fourth-order valence-corrected chi connectivity index (χ4v) is 3.89. The Balaban J connectivity index is 1.53. The zero-order valence-electron chi connectivity index (χ0n) is 14.8. The number of benzene rings is 1. The number of carbonyl (C=O) groups is 2. The Morgan fingerprint density at radius 1 is 1.16 bits per heavy atom. The molecule has 1 atom stereocenters. The van der Waals surface area contributed by atoms with Crippen molar-refractivity contribution in [2.45, 2.75) is 25.7 Å². The third-order valence-corrected chi connectivity index (χ3v) is 5.48. The maximum Gasteiger partial charge on any atom is 0.225 e. The quantitative estimate of drug-likeness (QED) is 0.829. The van der Waals surface area contributed by atoms with E-state index < -0.39 is 0 Å². The minimum absolute atomic E-state index is 0.111. The summed E-state index contributed by atoms with van der Waals surface area (Å²) in [5.74, 6) is 0.0915. The van der Waals surface area contributed by atoms with E-state index in [0.29, 0.717) is 19.5 Å². The third kappa shape index (κ3) is 4.46.